The fourth-order valence-electron chi connectivity index (χ4n) is 4.17. The second kappa shape index (κ2) is 7.11. The van der Waals surface area contributed by atoms with E-state index < -0.39 is 15.6 Å². The molecule has 2 aromatic carbocycles. The van der Waals surface area contributed by atoms with E-state index in [1.54, 1.807) is 4.31 Å². The Morgan fingerprint density at radius 3 is 1.93 bits per heavy atom. The molecule has 2 heterocycles. The second-order valence-corrected chi connectivity index (χ2v) is 9.11. The molecule has 5 nitrogen and oxygen atoms in total. The van der Waals surface area contributed by atoms with Crippen molar-refractivity contribution < 1.29 is 8.42 Å². The maximum absolute atomic E-state index is 12.8. The first-order valence-electron chi connectivity index (χ1n) is 9.30. The molecule has 2 N–H and O–H groups in total. The van der Waals surface area contributed by atoms with Crippen LogP contribution in [-0.4, -0.2) is 36.3 Å². The molecule has 6 heteroatoms. The zero-order chi connectivity index (χ0) is 18.9. The fraction of sp³-hybridized carbons (Fsp3) is 0.333. The van der Waals surface area contributed by atoms with E-state index in [2.05, 4.69) is 17.0 Å². The summed E-state index contributed by atoms with van der Waals surface area (Å²) in [6.07, 6.45) is 1.43. The molecule has 0 amide bonds. The van der Waals surface area contributed by atoms with Crippen molar-refractivity contribution in [3.63, 3.8) is 0 Å². The van der Waals surface area contributed by atoms with Gasteiger partial charge in [0.05, 0.1) is 10.9 Å². The van der Waals surface area contributed by atoms with Crippen LogP contribution in [0.5, 0.6) is 0 Å². The van der Waals surface area contributed by atoms with Gasteiger partial charge in [0, 0.05) is 31.9 Å². The highest BCUT2D eigenvalue weighted by Crippen LogP contribution is 2.42. The summed E-state index contributed by atoms with van der Waals surface area (Å²) in [4.78, 5) is 2.37. The maximum Gasteiger partial charge on any atom is 0.239 e. The number of nitrogens with two attached hydrogens (primary N) is 1. The molecule has 0 unspecified atom stereocenters. The minimum absolute atomic E-state index is 0.360. The summed E-state index contributed by atoms with van der Waals surface area (Å²) >= 11 is 0. The van der Waals surface area contributed by atoms with Gasteiger partial charge in [-0.05, 0) is 24.0 Å². The summed E-state index contributed by atoms with van der Waals surface area (Å²) in [5.41, 5.74) is 8.43. The Morgan fingerprint density at radius 1 is 0.852 bits per heavy atom. The molecule has 0 radical (unpaired) electrons. The lowest BCUT2D eigenvalue weighted by atomic mass is 9.84. The summed E-state index contributed by atoms with van der Waals surface area (Å²) in [5.74, 6) is 0. The summed E-state index contributed by atoms with van der Waals surface area (Å²) in [6.45, 7) is 2.89. The van der Waals surface area contributed by atoms with Gasteiger partial charge in [-0.25, -0.2) is 8.42 Å². The summed E-state index contributed by atoms with van der Waals surface area (Å²) in [6, 6.07) is 20.1. The zero-order valence-corrected chi connectivity index (χ0v) is 16.1. The lowest BCUT2D eigenvalue weighted by molar-refractivity contribution is 0.0992. The van der Waals surface area contributed by atoms with E-state index in [-0.39, 0.29) is 0 Å². The Bertz CT molecular complexity index is 918. The van der Waals surface area contributed by atoms with Crippen molar-refractivity contribution in [3.8, 4) is 0 Å². The summed E-state index contributed by atoms with van der Waals surface area (Å²) in [5, 5.41) is 1.27. The Morgan fingerprint density at radius 2 is 1.37 bits per heavy atom. The molecule has 27 heavy (non-hydrogen) atoms. The van der Waals surface area contributed by atoms with Crippen molar-refractivity contribution in [2.45, 2.75) is 31.5 Å². The Labute approximate surface area is 161 Å². The third-order valence-electron chi connectivity index (χ3n) is 5.70. The van der Waals surface area contributed by atoms with E-state index >= 15 is 0 Å². The van der Waals surface area contributed by atoms with Crippen LogP contribution in [0.2, 0.25) is 0 Å². The smallest absolute Gasteiger partial charge is 0.239 e. The van der Waals surface area contributed by atoms with Gasteiger partial charge < -0.3 is 5.73 Å². The molecule has 4 rings (SSSR count). The van der Waals surface area contributed by atoms with Crippen molar-refractivity contribution in [1.29, 1.82) is 0 Å². The molecule has 0 bridgehead atoms. The average molecular weight is 384 g/mol. The van der Waals surface area contributed by atoms with Crippen molar-refractivity contribution in [2.75, 3.05) is 13.1 Å². The summed E-state index contributed by atoms with van der Waals surface area (Å²) in [7, 11) is -3.49. The third kappa shape index (κ3) is 3.52. The molecule has 142 valence electrons. The van der Waals surface area contributed by atoms with Crippen LogP contribution >= 0.6 is 0 Å². The van der Waals surface area contributed by atoms with Gasteiger partial charge in [0.25, 0.3) is 0 Å². The predicted molar refractivity (Wildman–Crippen MR) is 107 cm³/mol. The van der Waals surface area contributed by atoms with Crippen LogP contribution in [0.4, 0.5) is 0 Å². The lowest BCUT2D eigenvalue weighted by Gasteiger charge is -2.44. The Kier molecular flexibility index (Phi) is 4.80. The highest BCUT2D eigenvalue weighted by atomic mass is 32.2. The standard InChI is InChI=1S/C21H25N3O2S/c22-20-17-27(25,26)24(16-19-9-5-2-6-10-19)21(20)11-13-23(14-12-21)15-18-7-3-1-4-8-18/h1-10,17H,11-16,22H2. The van der Waals surface area contributed by atoms with Crippen molar-refractivity contribution in [3.05, 3.63) is 82.9 Å². The number of piperidine rings is 1. The number of hydrogen-bond acceptors (Lipinski definition) is 4. The molecule has 0 saturated carbocycles. The first-order valence-corrected chi connectivity index (χ1v) is 10.8. The van der Waals surface area contributed by atoms with Gasteiger partial charge in [0.1, 0.15) is 0 Å². The molecule has 0 aliphatic carbocycles. The first-order chi connectivity index (χ1) is 13.0. The number of hydrogen-bond donors (Lipinski definition) is 1. The average Bonchev–Trinajstić information content (AvgIpc) is 2.85. The van der Waals surface area contributed by atoms with Crippen LogP contribution in [0.3, 0.4) is 0 Å². The molecule has 2 aromatic rings. The Balaban J connectivity index is 1.53. The van der Waals surface area contributed by atoms with Crippen LogP contribution in [0.1, 0.15) is 24.0 Å². The van der Waals surface area contributed by atoms with Gasteiger partial charge in [-0.3, -0.25) is 4.90 Å². The number of likely N-dealkylation sites (tertiary alicyclic amines) is 1. The minimum Gasteiger partial charge on any atom is -0.400 e. The molecule has 1 fully saturated rings. The quantitative estimate of drug-likeness (QED) is 0.881. The largest absolute Gasteiger partial charge is 0.400 e. The van der Waals surface area contributed by atoms with E-state index in [1.165, 1.54) is 11.0 Å². The monoisotopic (exact) mass is 383 g/mol. The van der Waals surface area contributed by atoms with Crippen LogP contribution in [0.15, 0.2) is 71.8 Å². The number of rotatable bonds is 4. The van der Waals surface area contributed by atoms with Crippen LogP contribution < -0.4 is 5.73 Å². The van der Waals surface area contributed by atoms with Crippen LogP contribution in [0, 0.1) is 0 Å². The minimum atomic E-state index is -3.49. The normalized spacial score (nSPS) is 22.0. The highest BCUT2D eigenvalue weighted by Gasteiger charge is 2.51. The fourth-order valence-corrected chi connectivity index (χ4v) is 5.94. The van der Waals surface area contributed by atoms with E-state index in [9.17, 15) is 8.42 Å². The van der Waals surface area contributed by atoms with Crippen molar-refractivity contribution in [2.24, 2.45) is 5.73 Å². The first kappa shape index (κ1) is 18.2. The highest BCUT2D eigenvalue weighted by molar-refractivity contribution is 7.92. The zero-order valence-electron chi connectivity index (χ0n) is 15.3. The van der Waals surface area contributed by atoms with Gasteiger partial charge in [0.2, 0.25) is 10.0 Å². The molecule has 1 spiro atoms. The molecule has 0 atom stereocenters. The molecule has 1 saturated heterocycles. The van der Waals surface area contributed by atoms with Gasteiger partial charge in [0.15, 0.2) is 0 Å². The molecule has 2 aliphatic rings. The SMILES string of the molecule is NC1=CS(=O)(=O)N(Cc2ccccc2)C12CCN(Cc1ccccc1)CC2. The van der Waals surface area contributed by atoms with Gasteiger partial charge in [-0.2, -0.15) is 4.31 Å². The molecule has 0 aromatic heterocycles. The molecular formula is C21H25N3O2S. The van der Waals surface area contributed by atoms with Crippen molar-refractivity contribution in [1.82, 2.24) is 9.21 Å². The summed E-state index contributed by atoms with van der Waals surface area (Å²) < 4.78 is 27.2. The topological polar surface area (TPSA) is 66.6 Å². The maximum atomic E-state index is 12.8. The number of sulfonamides is 1. The van der Waals surface area contributed by atoms with Crippen molar-refractivity contribution >= 4 is 10.0 Å². The predicted octanol–water partition coefficient (Wildman–Crippen LogP) is 2.67. The number of nitrogens with zero attached hydrogens (tertiary/aromatic N) is 2. The van der Waals surface area contributed by atoms with Crippen LogP contribution in [0.25, 0.3) is 0 Å². The van der Waals surface area contributed by atoms with E-state index in [4.69, 9.17) is 5.73 Å². The number of benzene rings is 2. The van der Waals surface area contributed by atoms with E-state index in [0.29, 0.717) is 25.1 Å². The van der Waals surface area contributed by atoms with Gasteiger partial charge in [-0.15, -0.1) is 0 Å². The van der Waals surface area contributed by atoms with E-state index in [1.807, 2.05) is 48.5 Å². The van der Waals surface area contributed by atoms with Crippen LogP contribution in [-0.2, 0) is 23.1 Å². The lowest BCUT2D eigenvalue weighted by Crippen LogP contribution is -2.55. The van der Waals surface area contributed by atoms with Gasteiger partial charge >= 0.3 is 0 Å². The third-order valence-corrected chi connectivity index (χ3v) is 7.34. The van der Waals surface area contributed by atoms with Gasteiger partial charge in [-0.1, -0.05) is 60.7 Å². The Hall–Kier alpha value is -2.15. The second-order valence-electron chi connectivity index (χ2n) is 7.40. The van der Waals surface area contributed by atoms with E-state index in [0.717, 1.165) is 25.2 Å². The molecular weight excluding hydrogens is 358 g/mol. The molecule has 2 aliphatic heterocycles.